The van der Waals surface area contributed by atoms with Crippen LogP contribution in [0.1, 0.15) is 18.9 Å². The number of amides is 2. The van der Waals surface area contributed by atoms with Crippen molar-refractivity contribution in [3.05, 3.63) is 35.9 Å². The second-order valence-electron chi connectivity index (χ2n) is 7.48. The summed E-state index contributed by atoms with van der Waals surface area (Å²) >= 11 is 0. The second-order valence-corrected chi connectivity index (χ2v) is 7.48. The molecule has 27 heavy (non-hydrogen) atoms. The summed E-state index contributed by atoms with van der Waals surface area (Å²) < 4.78 is 39.9. The number of piperazine rings is 1. The number of carbonyl (C=O) groups excluding carboxylic acids is 2. The van der Waals surface area contributed by atoms with Gasteiger partial charge in [0, 0.05) is 38.6 Å². The van der Waals surface area contributed by atoms with E-state index in [2.05, 4.69) is 0 Å². The van der Waals surface area contributed by atoms with Crippen LogP contribution < -0.4 is 0 Å². The van der Waals surface area contributed by atoms with Gasteiger partial charge in [0.25, 0.3) is 0 Å². The first-order valence-electron chi connectivity index (χ1n) is 9.06. The highest BCUT2D eigenvalue weighted by Gasteiger charge is 2.49. The molecule has 1 aromatic carbocycles. The van der Waals surface area contributed by atoms with Crippen LogP contribution >= 0.6 is 0 Å². The van der Waals surface area contributed by atoms with Crippen molar-refractivity contribution in [1.29, 1.82) is 0 Å². The number of benzene rings is 1. The Kier molecular flexibility index (Phi) is 5.46. The Balaban J connectivity index is 1.66. The van der Waals surface area contributed by atoms with Gasteiger partial charge in [0.05, 0.1) is 5.92 Å². The first-order chi connectivity index (χ1) is 12.7. The van der Waals surface area contributed by atoms with E-state index in [0.717, 1.165) is 5.56 Å². The van der Waals surface area contributed by atoms with E-state index in [1.807, 2.05) is 30.3 Å². The number of likely N-dealkylation sites (tertiary alicyclic amines) is 1. The van der Waals surface area contributed by atoms with Crippen LogP contribution in [0, 0.1) is 5.92 Å². The first kappa shape index (κ1) is 19.7. The molecule has 2 aliphatic heterocycles. The Morgan fingerprint density at radius 1 is 1.15 bits per heavy atom. The molecule has 2 fully saturated rings. The highest BCUT2D eigenvalue weighted by Crippen LogP contribution is 2.31. The fourth-order valence-electron chi connectivity index (χ4n) is 3.83. The Labute approximate surface area is 156 Å². The minimum atomic E-state index is -4.40. The van der Waals surface area contributed by atoms with Gasteiger partial charge in [0.2, 0.25) is 11.8 Å². The number of alkyl halides is 3. The number of hydrogen-bond donors (Lipinski definition) is 0. The number of rotatable bonds is 3. The van der Waals surface area contributed by atoms with E-state index >= 15 is 0 Å². The van der Waals surface area contributed by atoms with Crippen molar-refractivity contribution in [2.75, 3.05) is 26.7 Å². The SMILES string of the molecule is CC1CN(C(=O)C2CC(=O)N(Cc3ccccc3)C2)CC(C(F)(F)F)N1C. The van der Waals surface area contributed by atoms with E-state index < -0.39 is 24.2 Å². The van der Waals surface area contributed by atoms with Crippen molar-refractivity contribution in [2.45, 2.75) is 38.1 Å². The molecule has 0 spiro atoms. The van der Waals surface area contributed by atoms with E-state index in [1.165, 1.54) is 16.8 Å². The van der Waals surface area contributed by atoms with Gasteiger partial charge in [-0.05, 0) is 19.5 Å². The lowest BCUT2D eigenvalue weighted by Gasteiger charge is -2.44. The lowest BCUT2D eigenvalue weighted by molar-refractivity contribution is -0.201. The average molecular weight is 383 g/mol. The van der Waals surface area contributed by atoms with Crippen LogP contribution in [-0.2, 0) is 16.1 Å². The molecule has 0 aromatic heterocycles. The van der Waals surface area contributed by atoms with Crippen LogP contribution in [0.4, 0.5) is 13.2 Å². The van der Waals surface area contributed by atoms with Gasteiger partial charge >= 0.3 is 6.18 Å². The molecule has 0 saturated carbocycles. The molecule has 2 aliphatic rings. The molecule has 148 valence electrons. The molecule has 0 N–H and O–H groups in total. The summed E-state index contributed by atoms with van der Waals surface area (Å²) in [5.41, 5.74) is 0.962. The predicted octanol–water partition coefficient (Wildman–Crippen LogP) is 2.13. The quantitative estimate of drug-likeness (QED) is 0.803. The van der Waals surface area contributed by atoms with E-state index in [4.69, 9.17) is 0 Å². The van der Waals surface area contributed by atoms with Crippen molar-refractivity contribution in [3.63, 3.8) is 0 Å². The summed E-state index contributed by atoms with van der Waals surface area (Å²) in [6.07, 6.45) is -4.34. The zero-order valence-corrected chi connectivity index (χ0v) is 15.4. The molecular formula is C19H24F3N3O2. The van der Waals surface area contributed by atoms with E-state index in [1.54, 1.807) is 11.8 Å². The van der Waals surface area contributed by atoms with E-state index in [9.17, 15) is 22.8 Å². The maximum Gasteiger partial charge on any atom is 0.405 e. The van der Waals surface area contributed by atoms with Crippen molar-refractivity contribution in [2.24, 2.45) is 5.92 Å². The van der Waals surface area contributed by atoms with E-state index in [0.29, 0.717) is 6.54 Å². The number of likely N-dealkylation sites (N-methyl/N-ethyl adjacent to an activating group) is 1. The summed E-state index contributed by atoms with van der Waals surface area (Å²) in [7, 11) is 1.44. The van der Waals surface area contributed by atoms with Crippen LogP contribution in [0.15, 0.2) is 30.3 Å². The van der Waals surface area contributed by atoms with Crippen LogP contribution in [0.5, 0.6) is 0 Å². The molecule has 5 nitrogen and oxygen atoms in total. The molecule has 1 aromatic rings. The highest BCUT2D eigenvalue weighted by molar-refractivity contribution is 5.89. The normalized spacial score (nSPS) is 27.3. The molecule has 3 unspecified atom stereocenters. The minimum Gasteiger partial charge on any atom is -0.339 e. The monoisotopic (exact) mass is 383 g/mol. The lowest BCUT2D eigenvalue weighted by atomic mass is 10.0. The van der Waals surface area contributed by atoms with Gasteiger partial charge in [-0.25, -0.2) is 0 Å². The third-order valence-corrected chi connectivity index (χ3v) is 5.53. The summed E-state index contributed by atoms with van der Waals surface area (Å²) in [4.78, 5) is 29.3. The summed E-state index contributed by atoms with van der Waals surface area (Å²) in [5, 5.41) is 0. The standard InChI is InChI=1S/C19H24F3N3O2/c1-13-9-25(12-16(23(13)2)19(20,21)22)18(27)15-8-17(26)24(11-15)10-14-6-4-3-5-7-14/h3-7,13,15-16H,8-12H2,1-2H3. The zero-order valence-electron chi connectivity index (χ0n) is 15.4. The van der Waals surface area contributed by atoms with Crippen LogP contribution in [0.25, 0.3) is 0 Å². The first-order valence-corrected chi connectivity index (χ1v) is 9.06. The van der Waals surface area contributed by atoms with Gasteiger partial charge < -0.3 is 9.80 Å². The lowest BCUT2D eigenvalue weighted by Crippen LogP contribution is -2.62. The topological polar surface area (TPSA) is 43.9 Å². The molecule has 2 heterocycles. The molecule has 3 atom stereocenters. The average Bonchev–Trinajstić information content (AvgIpc) is 2.97. The van der Waals surface area contributed by atoms with Crippen molar-refractivity contribution < 1.29 is 22.8 Å². The van der Waals surface area contributed by atoms with Gasteiger partial charge in [-0.15, -0.1) is 0 Å². The van der Waals surface area contributed by atoms with Crippen molar-refractivity contribution >= 4 is 11.8 Å². The van der Waals surface area contributed by atoms with Gasteiger partial charge in [0.1, 0.15) is 6.04 Å². The number of halogens is 3. The van der Waals surface area contributed by atoms with Crippen molar-refractivity contribution in [1.82, 2.24) is 14.7 Å². The molecule has 0 bridgehead atoms. The van der Waals surface area contributed by atoms with Crippen LogP contribution in [-0.4, -0.2) is 71.5 Å². The maximum atomic E-state index is 13.3. The molecule has 2 saturated heterocycles. The second kappa shape index (κ2) is 7.50. The molecular weight excluding hydrogens is 359 g/mol. The van der Waals surface area contributed by atoms with Gasteiger partial charge in [-0.3, -0.25) is 14.5 Å². The molecule has 0 aliphatic carbocycles. The third-order valence-electron chi connectivity index (χ3n) is 5.53. The van der Waals surface area contributed by atoms with E-state index in [-0.39, 0.29) is 37.9 Å². The smallest absolute Gasteiger partial charge is 0.339 e. The third kappa shape index (κ3) is 4.26. The largest absolute Gasteiger partial charge is 0.405 e. The number of carbonyl (C=O) groups is 2. The summed E-state index contributed by atoms with van der Waals surface area (Å²) in [5.74, 6) is -1.06. The Morgan fingerprint density at radius 3 is 2.44 bits per heavy atom. The zero-order chi connectivity index (χ0) is 19.8. The van der Waals surface area contributed by atoms with Gasteiger partial charge in [-0.1, -0.05) is 30.3 Å². The van der Waals surface area contributed by atoms with Crippen molar-refractivity contribution in [3.8, 4) is 0 Å². The Bertz CT molecular complexity index is 695. The van der Waals surface area contributed by atoms with Crippen LogP contribution in [0.2, 0.25) is 0 Å². The van der Waals surface area contributed by atoms with Gasteiger partial charge in [-0.2, -0.15) is 13.2 Å². The fraction of sp³-hybridized carbons (Fsp3) is 0.579. The predicted molar refractivity (Wildman–Crippen MR) is 93.6 cm³/mol. The van der Waals surface area contributed by atoms with Gasteiger partial charge in [0.15, 0.2) is 0 Å². The highest BCUT2D eigenvalue weighted by atomic mass is 19.4. The number of nitrogens with zero attached hydrogens (tertiary/aromatic N) is 3. The summed E-state index contributed by atoms with van der Waals surface area (Å²) in [6.45, 7) is 2.20. The maximum absolute atomic E-state index is 13.3. The molecule has 8 heteroatoms. The number of hydrogen-bond acceptors (Lipinski definition) is 3. The summed E-state index contributed by atoms with van der Waals surface area (Å²) in [6, 6.07) is 7.36. The van der Waals surface area contributed by atoms with Crippen LogP contribution in [0.3, 0.4) is 0 Å². The fourth-order valence-corrected chi connectivity index (χ4v) is 3.83. The molecule has 0 radical (unpaired) electrons. The Morgan fingerprint density at radius 2 is 1.81 bits per heavy atom. The molecule has 2 amide bonds. The minimum absolute atomic E-state index is 0.0586. The molecule has 3 rings (SSSR count). The Hall–Kier alpha value is -2.09.